The monoisotopic (exact) mass is 307 g/mol. The van der Waals surface area contributed by atoms with Crippen molar-refractivity contribution in [2.75, 3.05) is 0 Å². The van der Waals surface area contributed by atoms with Crippen LogP contribution in [0.25, 0.3) is 5.69 Å². The Balaban J connectivity index is 2.60. The molecule has 0 unspecified atom stereocenters. The van der Waals surface area contributed by atoms with Gasteiger partial charge < -0.3 is 0 Å². The Morgan fingerprint density at radius 2 is 2.06 bits per heavy atom. The lowest BCUT2D eigenvalue weighted by Crippen LogP contribution is -2.02. The van der Waals surface area contributed by atoms with Crippen molar-refractivity contribution in [1.29, 1.82) is 0 Å². The van der Waals surface area contributed by atoms with E-state index >= 15 is 0 Å². The summed E-state index contributed by atoms with van der Waals surface area (Å²) in [6.45, 7) is 0. The van der Waals surface area contributed by atoms with Crippen LogP contribution in [0.2, 0.25) is 0 Å². The predicted octanol–water partition coefficient (Wildman–Crippen LogP) is 3.05. The summed E-state index contributed by atoms with van der Waals surface area (Å²) < 4.78 is 28.2. The van der Waals surface area contributed by atoms with E-state index in [1.54, 1.807) is 0 Å². The SMILES string of the molecule is Fc1cc(-n2cnnc2CCl)c(F)cc1Br. The fraction of sp³-hybridized carbons (Fsp3) is 0.111. The van der Waals surface area contributed by atoms with Crippen LogP contribution in [0.15, 0.2) is 22.9 Å². The van der Waals surface area contributed by atoms with E-state index in [2.05, 4.69) is 26.1 Å². The van der Waals surface area contributed by atoms with Crippen molar-refractivity contribution in [1.82, 2.24) is 14.8 Å². The van der Waals surface area contributed by atoms with Gasteiger partial charge >= 0.3 is 0 Å². The highest BCUT2D eigenvalue weighted by molar-refractivity contribution is 9.10. The molecular formula is C9H5BrClF2N3. The van der Waals surface area contributed by atoms with Gasteiger partial charge in [-0.25, -0.2) is 8.78 Å². The molecule has 0 N–H and O–H groups in total. The van der Waals surface area contributed by atoms with Crippen molar-refractivity contribution >= 4 is 27.5 Å². The highest BCUT2D eigenvalue weighted by atomic mass is 79.9. The van der Waals surface area contributed by atoms with E-state index in [1.165, 1.54) is 10.9 Å². The standard InChI is InChI=1S/C9H5BrClF2N3/c10-5-1-7(13)8(2-6(5)12)16-4-14-15-9(16)3-11/h1-2,4H,3H2. The van der Waals surface area contributed by atoms with E-state index in [-0.39, 0.29) is 16.0 Å². The summed E-state index contributed by atoms with van der Waals surface area (Å²) in [5.41, 5.74) is 0.0290. The molecule has 0 amide bonds. The molecule has 0 fully saturated rings. The fourth-order valence-corrected chi connectivity index (χ4v) is 1.75. The molecule has 0 saturated carbocycles. The summed E-state index contributed by atoms with van der Waals surface area (Å²) in [6, 6.07) is 2.10. The molecule has 0 bridgehead atoms. The molecule has 7 heteroatoms. The number of rotatable bonds is 2. The fourth-order valence-electron chi connectivity index (χ4n) is 1.25. The molecule has 2 aromatic rings. The first-order valence-corrected chi connectivity index (χ1v) is 5.56. The third kappa shape index (κ3) is 1.94. The van der Waals surface area contributed by atoms with Crippen LogP contribution in [-0.4, -0.2) is 14.8 Å². The zero-order valence-corrected chi connectivity index (χ0v) is 10.1. The van der Waals surface area contributed by atoms with Crippen LogP contribution in [0.1, 0.15) is 5.82 Å². The van der Waals surface area contributed by atoms with Crippen LogP contribution in [-0.2, 0) is 5.88 Å². The Morgan fingerprint density at radius 3 is 2.75 bits per heavy atom. The van der Waals surface area contributed by atoms with Crippen molar-refractivity contribution in [3.8, 4) is 5.69 Å². The van der Waals surface area contributed by atoms with Crippen LogP contribution >= 0.6 is 27.5 Å². The average Bonchev–Trinajstić information content (AvgIpc) is 2.71. The van der Waals surface area contributed by atoms with Gasteiger partial charge in [0.1, 0.15) is 18.0 Å². The summed E-state index contributed by atoms with van der Waals surface area (Å²) >= 11 is 8.50. The van der Waals surface area contributed by atoms with Crippen LogP contribution in [0.5, 0.6) is 0 Å². The molecule has 0 saturated heterocycles. The Morgan fingerprint density at radius 1 is 1.31 bits per heavy atom. The number of halogens is 4. The molecule has 3 nitrogen and oxygen atoms in total. The summed E-state index contributed by atoms with van der Waals surface area (Å²) in [4.78, 5) is 0. The van der Waals surface area contributed by atoms with Crippen LogP contribution in [0.4, 0.5) is 8.78 Å². The molecule has 1 aromatic heterocycles. The summed E-state index contributed by atoms with van der Waals surface area (Å²) in [5.74, 6) is -0.732. The quantitative estimate of drug-likeness (QED) is 0.630. The van der Waals surface area contributed by atoms with Crippen molar-refractivity contribution in [2.24, 2.45) is 0 Å². The molecule has 0 atom stereocenters. The largest absolute Gasteiger partial charge is 0.281 e. The van der Waals surface area contributed by atoms with Gasteiger partial charge in [-0.05, 0) is 22.0 Å². The summed E-state index contributed by atoms with van der Waals surface area (Å²) in [5, 5.41) is 7.27. The summed E-state index contributed by atoms with van der Waals surface area (Å²) in [6.07, 6.45) is 1.28. The second-order valence-electron chi connectivity index (χ2n) is 2.97. The zero-order valence-electron chi connectivity index (χ0n) is 7.79. The number of alkyl halides is 1. The van der Waals surface area contributed by atoms with Gasteiger partial charge in [-0.1, -0.05) is 0 Å². The van der Waals surface area contributed by atoms with Crippen LogP contribution in [0, 0.1) is 11.6 Å². The third-order valence-corrected chi connectivity index (χ3v) is 2.83. The van der Waals surface area contributed by atoms with Gasteiger partial charge in [-0.2, -0.15) is 0 Å². The van der Waals surface area contributed by atoms with Crippen molar-refractivity contribution in [3.05, 3.63) is 40.4 Å². The van der Waals surface area contributed by atoms with Crippen LogP contribution in [0.3, 0.4) is 0 Å². The van der Waals surface area contributed by atoms with Crippen molar-refractivity contribution < 1.29 is 8.78 Å². The summed E-state index contributed by atoms with van der Waals surface area (Å²) in [7, 11) is 0. The molecule has 1 aromatic carbocycles. The first-order chi connectivity index (χ1) is 7.63. The van der Waals surface area contributed by atoms with E-state index in [0.29, 0.717) is 5.82 Å². The predicted molar refractivity (Wildman–Crippen MR) is 58.5 cm³/mol. The normalized spacial score (nSPS) is 10.8. The van der Waals surface area contributed by atoms with Gasteiger partial charge in [-0.15, -0.1) is 21.8 Å². The van der Waals surface area contributed by atoms with Gasteiger partial charge in [0.05, 0.1) is 16.0 Å². The average molecular weight is 309 g/mol. The lowest BCUT2D eigenvalue weighted by Gasteiger charge is -2.07. The second kappa shape index (κ2) is 4.47. The highest BCUT2D eigenvalue weighted by Crippen LogP contribution is 2.23. The van der Waals surface area contributed by atoms with Crippen molar-refractivity contribution in [2.45, 2.75) is 5.88 Å². The maximum absolute atomic E-state index is 13.6. The molecule has 84 valence electrons. The highest BCUT2D eigenvalue weighted by Gasteiger charge is 2.13. The maximum Gasteiger partial charge on any atom is 0.152 e. The Hall–Kier alpha value is -1.01. The second-order valence-corrected chi connectivity index (χ2v) is 4.09. The minimum atomic E-state index is -0.584. The number of nitrogens with zero attached hydrogens (tertiary/aromatic N) is 3. The smallest absolute Gasteiger partial charge is 0.152 e. The number of benzene rings is 1. The van der Waals surface area contributed by atoms with Gasteiger partial charge in [0.15, 0.2) is 5.82 Å². The van der Waals surface area contributed by atoms with Gasteiger partial charge in [0, 0.05) is 6.07 Å². The molecule has 0 spiro atoms. The van der Waals surface area contributed by atoms with Crippen molar-refractivity contribution in [3.63, 3.8) is 0 Å². The number of hydrogen-bond donors (Lipinski definition) is 0. The Labute approximate surface area is 103 Å². The van der Waals surface area contributed by atoms with E-state index < -0.39 is 11.6 Å². The molecule has 0 aliphatic carbocycles. The minimum absolute atomic E-state index is 0.0290. The van der Waals surface area contributed by atoms with Crippen LogP contribution < -0.4 is 0 Å². The Bertz CT molecular complexity index is 529. The lowest BCUT2D eigenvalue weighted by molar-refractivity contribution is 0.586. The van der Waals surface area contributed by atoms with E-state index in [4.69, 9.17) is 11.6 Å². The van der Waals surface area contributed by atoms with E-state index in [9.17, 15) is 8.78 Å². The molecular weight excluding hydrogens is 303 g/mol. The maximum atomic E-state index is 13.6. The minimum Gasteiger partial charge on any atom is -0.281 e. The molecule has 0 aliphatic heterocycles. The van der Waals surface area contributed by atoms with Gasteiger partial charge in [-0.3, -0.25) is 4.57 Å². The molecule has 0 aliphatic rings. The van der Waals surface area contributed by atoms with Gasteiger partial charge in [0.2, 0.25) is 0 Å². The molecule has 16 heavy (non-hydrogen) atoms. The van der Waals surface area contributed by atoms with E-state index in [0.717, 1.165) is 12.1 Å². The first kappa shape index (κ1) is 11.5. The third-order valence-electron chi connectivity index (χ3n) is 1.99. The van der Waals surface area contributed by atoms with E-state index in [1.807, 2.05) is 0 Å². The Kier molecular flexibility index (Phi) is 3.20. The molecule has 1 heterocycles. The first-order valence-electron chi connectivity index (χ1n) is 4.23. The molecule has 2 rings (SSSR count). The lowest BCUT2D eigenvalue weighted by atomic mass is 10.3. The zero-order chi connectivity index (χ0) is 11.7. The topological polar surface area (TPSA) is 30.7 Å². The number of aromatic nitrogens is 3. The number of hydrogen-bond acceptors (Lipinski definition) is 2. The molecule has 0 radical (unpaired) electrons. The van der Waals surface area contributed by atoms with Gasteiger partial charge in [0.25, 0.3) is 0 Å².